The van der Waals surface area contributed by atoms with E-state index >= 15 is 0 Å². The van der Waals surface area contributed by atoms with Gasteiger partial charge in [0.25, 0.3) is 0 Å². The van der Waals surface area contributed by atoms with Crippen LogP contribution in [0.2, 0.25) is 0 Å². The highest BCUT2D eigenvalue weighted by Gasteiger charge is 2.05. The molecule has 2 aromatic rings. The number of aromatic nitrogens is 2. The molecule has 0 saturated heterocycles. The summed E-state index contributed by atoms with van der Waals surface area (Å²) in [5, 5.41) is 19.2. The van der Waals surface area contributed by atoms with Crippen molar-refractivity contribution in [3.05, 3.63) is 42.2 Å². The highest BCUT2D eigenvalue weighted by atomic mass is 16.3. The second kappa shape index (κ2) is 4.04. The van der Waals surface area contributed by atoms with Crippen LogP contribution in [0.3, 0.4) is 0 Å². The van der Waals surface area contributed by atoms with Gasteiger partial charge in [-0.15, -0.1) is 0 Å². The molecule has 0 spiro atoms. The van der Waals surface area contributed by atoms with Gasteiger partial charge in [0, 0.05) is 11.9 Å². The molecule has 0 aliphatic heterocycles. The lowest BCUT2D eigenvalue weighted by Crippen LogP contribution is -2.06. The Hall–Kier alpha value is -1.97. The van der Waals surface area contributed by atoms with E-state index in [2.05, 4.69) is 15.5 Å². The van der Waals surface area contributed by atoms with Gasteiger partial charge in [-0.25, -0.2) is 0 Å². The minimum absolute atomic E-state index is 0.164. The maximum absolute atomic E-state index is 9.13. The molecule has 1 aromatic heterocycles. The van der Waals surface area contributed by atoms with Gasteiger partial charge in [-0.1, -0.05) is 0 Å². The average molecular weight is 203 g/mol. The molecule has 2 rings (SSSR count). The van der Waals surface area contributed by atoms with Crippen molar-refractivity contribution in [1.82, 2.24) is 10.2 Å². The van der Waals surface area contributed by atoms with Crippen molar-refractivity contribution < 1.29 is 5.11 Å². The Morgan fingerprint density at radius 3 is 2.60 bits per heavy atom. The Morgan fingerprint density at radius 2 is 2.00 bits per heavy atom. The Bertz CT molecular complexity index is 408. The number of phenols is 1. The molecule has 4 heteroatoms. The summed E-state index contributed by atoms with van der Waals surface area (Å²) in [7, 11) is 0. The fourth-order valence-corrected chi connectivity index (χ4v) is 1.39. The number of nitrogens with one attached hydrogen (secondary N) is 2. The SMILES string of the molecule is CC(Nc1ccc(O)cc1)c1ccn[nH]1. The van der Waals surface area contributed by atoms with E-state index in [1.165, 1.54) is 0 Å². The summed E-state index contributed by atoms with van der Waals surface area (Å²) >= 11 is 0. The molecule has 1 unspecified atom stereocenters. The van der Waals surface area contributed by atoms with Gasteiger partial charge in [0.2, 0.25) is 0 Å². The molecule has 0 saturated carbocycles. The Morgan fingerprint density at radius 1 is 1.27 bits per heavy atom. The van der Waals surface area contributed by atoms with Gasteiger partial charge >= 0.3 is 0 Å². The van der Waals surface area contributed by atoms with Crippen LogP contribution in [0.15, 0.2) is 36.5 Å². The number of anilines is 1. The third-order valence-electron chi connectivity index (χ3n) is 2.24. The van der Waals surface area contributed by atoms with E-state index < -0.39 is 0 Å². The van der Waals surface area contributed by atoms with E-state index in [0.29, 0.717) is 0 Å². The summed E-state index contributed by atoms with van der Waals surface area (Å²) < 4.78 is 0. The predicted octanol–water partition coefficient (Wildman–Crippen LogP) is 2.29. The number of rotatable bonds is 3. The molecule has 0 aliphatic rings. The zero-order valence-electron chi connectivity index (χ0n) is 8.44. The second-order valence-corrected chi connectivity index (χ2v) is 3.42. The summed E-state index contributed by atoms with van der Waals surface area (Å²) in [5.41, 5.74) is 2.00. The number of phenolic OH excluding ortho intramolecular Hbond substituents is 1. The van der Waals surface area contributed by atoms with Crippen LogP contribution < -0.4 is 5.32 Å². The first-order valence-corrected chi connectivity index (χ1v) is 4.80. The van der Waals surface area contributed by atoms with Crippen molar-refractivity contribution >= 4 is 5.69 Å². The molecule has 0 fully saturated rings. The summed E-state index contributed by atoms with van der Waals surface area (Å²) in [6.07, 6.45) is 1.73. The first-order valence-electron chi connectivity index (χ1n) is 4.80. The van der Waals surface area contributed by atoms with Gasteiger partial charge in [0.1, 0.15) is 5.75 Å². The van der Waals surface area contributed by atoms with Crippen LogP contribution in [0.5, 0.6) is 5.75 Å². The second-order valence-electron chi connectivity index (χ2n) is 3.42. The number of benzene rings is 1. The molecule has 1 heterocycles. The van der Waals surface area contributed by atoms with Crippen molar-refractivity contribution in [2.24, 2.45) is 0 Å². The number of aromatic amines is 1. The van der Waals surface area contributed by atoms with E-state index in [1.807, 2.05) is 25.1 Å². The van der Waals surface area contributed by atoms with Crippen molar-refractivity contribution in [2.45, 2.75) is 13.0 Å². The number of H-pyrrole nitrogens is 1. The molecule has 3 N–H and O–H groups in total. The fraction of sp³-hybridized carbons (Fsp3) is 0.182. The Balaban J connectivity index is 2.06. The number of nitrogens with zero attached hydrogens (tertiary/aromatic N) is 1. The molecular formula is C11H13N3O. The van der Waals surface area contributed by atoms with Crippen molar-refractivity contribution in [2.75, 3.05) is 5.32 Å². The predicted molar refractivity (Wildman–Crippen MR) is 58.7 cm³/mol. The zero-order chi connectivity index (χ0) is 10.7. The van der Waals surface area contributed by atoms with E-state index in [9.17, 15) is 0 Å². The standard InChI is InChI=1S/C11H13N3O/c1-8(11-6-7-12-14-11)13-9-2-4-10(15)5-3-9/h2-8,13,15H,1H3,(H,12,14). The van der Waals surface area contributed by atoms with E-state index in [4.69, 9.17) is 5.11 Å². The van der Waals surface area contributed by atoms with Crippen LogP contribution in [0.25, 0.3) is 0 Å². The van der Waals surface area contributed by atoms with Crippen LogP contribution in [-0.4, -0.2) is 15.3 Å². The van der Waals surface area contributed by atoms with Gasteiger partial charge < -0.3 is 10.4 Å². The normalized spacial score (nSPS) is 12.3. The molecular weight excluding hydrogens is 190 g/mol. The molecule has 0 amide bonds. The van der Waals surface area contributed by atoms with Crippen LogP contribution in [0, 0.1) is 0 Å². The van der Waals surface area contributed by atoms with Crippen molar-refractivity contribution in [3.63, 3.8) is 0 Å². The largest absolute Gasteiger partial charge is 0.508 e. The first kappa shape index (κ1) is 9.58. The minimum Gasteiger partial charge on any atom is -0.508 e. The highest BCUT2D eigenvalue weighted by molar-refractivity contribution is 5.47. The molecule has 0 aliphatic carbocycles. The maximum Gasteiger partial charge on any atom is 0.115 e. The third kappa shape index (κ3) is 2.28. The van der Waals surface area contributed by atoms with Crippen molar-refractivity contribution in [1.29, 1.82) is 0 Å². The van der Waals surface area contributed by atoms with Crippen LogP contribution in [-0.2, 0) is 0 Å². The molecule has 0 bridgehead atoms. The lowest BCUT2D eigenvalue weighted by molar-refractivity contribution is 0.475. The molecule has 4 nitrogen and oxygen atoms in total. The van der Waals surface area contributed by atoms with Gasteiger partial charge in [0.15, 0.2) is 0 Å². The first-order chi connectivity index (χ1) is 7.25. The molecule has 1 atom stereocenters. The summed E-state index contributed by atoms with van der Waals surface area (Å²) in [6.45, 7) is 2.04. The van der Waals surface area contributed by atoms with Gasteiger partial charge in [-0.05, 0) is 37.3 Å². The number of hydrogen-bond acceptors (Lipinski definition) is 3. The van der Waals surface area contributed by atoms with Crippen LogP contribution in [0.1, 0.15) is 18.7 Å². The highest BCUT2D eigenvalue weighted by Crippen LogP contribution is 2.19. The minimum atomic E-state index is 0.164. The van der Waals surface area contributed by atoms with Crippen molar-refractivity contribution in [3.8, 4) is 5.75 Å². The molecule has 78 valence electrons. The fourth-order valence-electron chi connectivity index (χ4n) is 1.39. The van der Waals surface area contributed by atoms with E-state index in [0.717, 1.165) is 11.4 Å². The molecule has 1 aromatic carbocycles. The molecule has 0 radical (unpaired) electrons. The maximum atomic E-state index is 9.13. The monoisotopic (exact) mass is 203 g/mol. The molecule has 15 heavy (non-hydrogen) atoms. The lowest BCUT2D eigenvalue weighted by Gasteiger charge is -2.13. The Kier molecular flexibility index (Phi) is 2.58. The number of hydrogen-bond donors (Lipinski definition) is 3. The quantitative estimate of drug-likeness (QED) is 0.671. The topological polar surface area (TPSA) is 60.9 Å². The van der Waals surface area contributed by atoms with Crippen LogP contribution in [0.4, 0.5) is 5.69 Å². The lowest BCUT2D eigenvalue weighted by atomic mass is 10.2. The van der Waals surface area contributed by atoms with Gasteiger partial charge in [0.05, 0.1) is 11.7 Å². The smallest absolute Gasteiger partial charge is 0.115 e. The number of aromatic hydroxyl groups is 1. The van der Waals surface area contributed by atoms with Gasteiger partial charge in [-0.3, -0.25) is 5.10 Å². The van der Waals surface area contributed by atoms with E-state index in [1.54, 1.807) is 18.3 Å². The average Bonchev–Trinajstić information content (AvgIpc) is 2.74. The zero-order valence-corrected chi connectivity index (χ0v) is 8.44. The summed E-state index contributed by atoms with van der Waals surface area (Å²) in [5.74, 6) is 0.273. The Labute approximate surface area is 88.0 Å². The summed E-state index contributed by atoms with van der Waals surface area (Å²) in [6, 6.07) is 9.07. The van der Waals surface area contributed by atoms with Gasteiger partial charge in [-0.2, -0.15) is 5.10 Å². The van der Waals surface area contributed by atoms with Crippen LogP contribution >= 0.6 is 0 Å². The summed E-state index contributed by atoms with van der Waals surface area (Å²) in [4.78, 5) is 0. The van der Waals surface area contributed by atoms with E-state index in [-0.39, 0.29) is 11.8 Å². The third-order valence-corrected chi connectivity index (χ3v) is 2.24.